The van der Waals surface area contributed by atoms with Crippen LogP contribution in [0.5, 0.6) is 0 Å². The summed E-state index contributed by atoms with van der Waals surface area (Å²) in [5.41, 5.74) is 0. The summed E-state index contributed by atoms with van der Waals surface area (Å²) in [6.07, 6.45) is 4.08. The van der Waals surface area contributed by atoms with Crippen molar-refractivity contribution in [3.8, 4) is 0 Å². The molecule has 18 heavy (non-hydrogen) atoms. The molecule has 0 saturated carbocycles. The molecular weight excluding hydrogens is 224 g/mol. The normalized spacial score (nSPS) is 25.6. The average Bonchev–Trinajstić information content (AvgIpc) is 2.38. The summed E-state index contributed by atoms with van der Waals surface area (Å²) < 4.78 is 5.63. The minimum atomic E-state index is 0.626. The van der Waals surface area contributed by atoms with Gasteiger partial charge >= 0.3 is 0 Å². The molecule has 1 aliphatic heterocycles. The van der Waals surface area contributed by atoms with Gasteiger partial charge in [-0.3, -0.25) is 4.90 Å². The molecule has 0 aromatic heterocycles. The van der Waals surface area contributed by atoms with Crippen LogP contribution in [0.2, 0.25) is 0 Å². The molecule has 0 bridgehead atoms. The van der Waals surface area contributed by atoms with Gasteiger partial charge in [-0.2, -0.15) is 0 Å². The van der Waals surface area contributed by atoms with E-state index in [1.54, 1.807) is 0 Å². The van der Waals surface area contributed by atoms with Crippen molar-refractivity contribution in [2.75, 3.05) is 32.8 Å². The van der Waals surface area contributed by atoms with Crippen molar-refractivity contribution in [3.63, 3.8) is 0 Å². The van der Waals surface area contributed by atoms with Crippen LogP contribution in [0.25, 0.3) is 0 Å². The van der Waals surface area contributed by atoms with E-state index < -0.39 is 0 Å². The Balaban J connectivity index is 2.31. The molecule has 0 aromatic carbocycles. The molecule has 3 heteroatoms. The van der Waals surface area contributed by atoms with Crippen LogP contribution >= 0.6 is 0 Å². The zero-order valence-electron chi connectivity index (χ0n) is 12.3. The second-order valence-electron chi connectivity index (χ2n) is 5.51. The third-order valence-electron chi connectivity index (χ3n) is 3.83. The Morgan fingerprint density at radius 2 is 2.22 bits per heavy atom. The quantitative estimate of drug-likeness (QED) is 0.531. The molecule has 0 spiro atoms. The van der Waals surface area contributed by atoms with Gasteiger partial charge in [0.2, 0.25) is 0 Å². The molecule has 1 heterocycles. The van der Waals surface area contributed by atoms with E-state index in [0.717, 1.165) is 39.3 Å². The lowest BCUT2D eigenvalue weighted by Crippen LogP contribution is -2.58. The molecular formula is C15H30N2O. The van der Waals surface area contributed by atoms with Crippen LogP contribution < -0.4 is 5.32 Å². The smallest absolute Gasteiger partial charge is 0.0593 e. The first kappa shape index (κ1) is 15.7. The monoisotopic (exact) mass is 254 g/mol. The Bertz CT molecular complexity index is 231. The molecule has 0 amide bonds. The molecule has 2 unspecified atom stereocenters. The molecule has 106 valence electrons. The highest BCUT2D eigenvalue weighted by atomic mass is 16.5. The Labute approximate surface area is 113 Å². The molecule has 1 saturated heterocycles. The van der Waals surface area contributed by atoms with Crippen molar-refractivity contribution in [1.82, 2.24) is 10.2 Å². The predicted octanol–water partition coefficient (Wildman–Crippen LogP) is 2.29. The summed E-state index contributed by atoms with van der Waals surface area (Å²) in [6, 6.07) is 1.30. The van der Waals surface area contributed by atoms with Gasteiger partial charge < -0.3 is 10.1 Å². The number of nitrogens with zero attached hydrogens (tertiary/aromatic N) is 1. The van der Waals surface area contributed by atoms with Crippen LogP contribution in [0.1, 0.15) is 33.6 Å². The van der Waals surface area contributed by atoms with Crippen molar-refractivity contribution < 1.29 is 4.74 Å². The highest BCUT2D eigenvalue weighted by Gasteiger charge is 2.27. The SMILES string of the molecule is C=CCCOCCN1CC(C(C)C)NCC1CC. The van der Waals surface area contributed by atoms with Gasteiger partial charge in [-0.1, -0.05) is 26.8 Å². The third-order valence-corrected chi connectivity index (χ3v) is 3.83. The van der Waals surface area contributed by atoms with Gasteiger partial charge in [-0.15, -0.1) is 6.58 Å². The van der Waals surface area contributed by atoms with Gasteiger partial charge in [0.15, 0.2) is 0 Å². The lowest BCUT2D eigenvalue weighted by atomic mass is 9.98. The fraction of sp³-hybridized carbons (Fsp3) is 0.867. The minimum Gasteiger partial charge on any atom is -0.380 e. The predicted molar refractivity (Wildman–Crippen MR) is 77.9 cm³/mol. The van der Waals surface area contributed by atoms with Gasteiger partial charge in [0, 0.05) is 31.7 Å². The van der Waals surface area contributed by atoms with Crippen molar-refractivity contribution in [3.05, 3.63) is 12.7 Å². The molecule has 0 aliphatic carbocycles. The van der Waals surface area contributed by atoms with Crippen molar-refractivity contribution in [2.24, 2.45) is 5.92 Å². The first-order chi connectivity index (χ1) is 8.69. The van der Waals surface area contributed by atoms with E-state index in [4.69, 9.17) is 4.74 Å². The summed E-state index contributed by atoms with van der Waals surface area (Å²) in [5, 5.41) is 3.66. The van der Waals surface area contributed by atoms with Gasteiger partial charge in [0.25, 0.3) is 0 Å². The van der Waals surface area contributed by atoms with Gasteiger partial charge in [-0.25, -0.2) is 0 Å². The third kappa shape index (κ3) is 5.09. The summed E-state index contributed by atoms with van der Waals surface area (Å²) >= 11 is 0. The zero-order chi connectivity index (χ0) is 13.4. The number of ether oxygens (including phenoxy) is 1. The second-order valence-corrected chi connectivity index (χ2v) is 5.51. The Morgan fingerprint density at radius 1 is 1.44 bits per heavy atom. The van der Waals surface area contributed by atoms with Crippen LogP contribution in [-0.4, -0.2) is 49.8 Å². The van der Waals surface area contributed by atoms with Crippen LogP contribution in [0.15, 0.2) is 12.7 Å². The number of piperazine rings is 1. The lowest BCUT2D eigenvalue weighted by Gasteiger charge is -2.41. The van der Waals surface area contributed by atoms with Gasteiger partial charge in [0.05, 0.1) is 13.2 Å². The molecule has 0 aromatic rings. The molecule has 1 aliphatic rings. The van der Waals surface area contributed by atoms with Crippen molar-refractivity contribution in [1.29, 1.82) is 0 Å². The number of hydrogen-bond acceptors (Lipinski definition) is 3. The maximum absolute atomic E-state index is 5.63. The number of hydrogen-bond donors (Lipinski definition) is 1. The van der Waals surface area contributed by atoms with E-state index in [0.29, 0.717) is 18.0 Å². The van der Waals surface area contributed by atoms with Crippen LogP contribution in [0.4, 0.5) is 0 Å². The van der Waals surface area contributed by atoms with E-state index in [9.17, 15) is 0 Å². The highest BCUT2D eigenvalue weighted by molar-refractivity contribution is 4.86. The van der Waals surface area contributed by atoms with Crippen molar-refractivity contribution in [2.45, 2.75) is 45.7 Å². The topological polar surface area (TPSA) is 24.5 Å². The first-order valence-corrected chi connectivity index (χ1v) is 7.35. The Hall–Kier alpha value is -0.380. The van der Waals surface area contributed by atoms with Crippen LogP contribution in [0, 0.1) is 5.92 Å². The fourth-order valence-corrected chi connectivity index (χ4v) is 2.46. The first-order valence-electron chi connectivity index (χ1n) is 7.35. The molecule has 3 nitrogen and oxygen atoms in total. The largest absolute Gasteiger partial charge is 0.380 e. The van der Waals surface area contributed by atoms with E-state index in [1.165, 1.54) is 6.42 Å². The summed E-state index contributed by atoms with van der Waals surface area (Å²) in [7, 11) is 0. The maximum Gasteiger partial charge on any atom is 0.0593 e. The molecule has 1 rings (SSSR count). The summed E-state index contributed by atoms with van der Waals surface area (Å²) in [4.78, 5) is 2.59. The van der Waals surface area contributed by atoms with E-state index in [1.807, 2.05) is 6.08 Å². The van der Waals surface area contributed by atoms with E-state index >= 15 is 0 Å². The van der Waals surface area contributed by atoms with Crippen molar-refractivity contribution >= 4 is 0 Å². The average molecular weight is 254 g/mol. The molecule has 1 N–H and O–H groups in total. The van der Waals surface area contributed by atoms with E-state index in [2.05, 4.69) is 37.6 Å². The van der Waals surface area contributed by atoms with E-state index in [-0.39, 0.29) is 0 Å². The summed E-state index contributed by atoms with van der Waals surface area (Å²) in [6.45, 7) is 15.5. The zero-order valence-corrected chi connectivity index (χ0v) is 12.3. The molecule has 1 fully saturated rings. The summed E-state index contributed by atoms with van der Waals surface area (Å²) in [5.74, 6) is 0.701. The lowest BCUT2D eigenvalue weighted by molar-refractivity contribution is 0.0590. The fourth-order valence-electron chi connectivity index (χ4n) is 2.46. The Morgan fingerprint density at radius 3 is 2.83 bits per heavy atom. The highest BCUT2D eigenvalue weighted by Crippen LogP contribution is 2.14. The molecule has 2 atom stereocenters. The number of rotatable bonds is 8. The van der Waals surface area contributed by atoms with Gasteiger partial charge in [0.1, 0.15) is 0 Å². The minimum absolute atomic E-state index is 0.626. The molecule has 0 radical (unpaired) electrons. The van der Waals surface area contributed by atoms with Crippen LogP contribution in [-0.2, 0) is 4.74 Å². The van der Waals surface area contributed by atoms with Gasteiger partial charge in [-0.05, 0) is 18.8 Å². The maximum atomic E-state index is 5.63. The van der Waals surface area contributed by atoms with Crippen LogP contribution in [0.3, 0.4) is 0 Å². The second kappa shape index (κ2) is 8.68. The Kier molecular flexibility index (Phi) is 7.56. The standard InChI is InChI=1S/C15H30N2O/c1-5-7-9-18-10-8-17-12-15(13(3)4)16-11-14(17)6-2/h5,13-16H,1,6-12H2,2-4H3. The number of nitrogens with one attached hydrogen (secondary N) is 1.